The minimum atomic E-state index is 0.575. The number of anilines is 1. The minimum absolute atomic E-state index is 0.575. The van der Waals surface area contributed by atoms with E-state index in [2.05, 4.69) is 51.4 Å². The molecule has 0 aromatic carbocycles. The molecule has 0 fully saturated rings. The summed E-state index contributed by atoms with van der Waals surface area (Å²) < 4.78 is 0. The summed E-state index contributed by atoms with van der Waals surface area (Å²) in [4.78, 5) is 10.6. The fourth-order valence-electron chi connectivity index (χ4n) is 2.57. The Balaban J connectivity index is 1.64. The molecule has 4 heteroatoms. The van der Waals surface area contributed by atoms with Crippen molar-refractivity contribution in [3.63, 3.8) is 0 Å². The minimum Gasteiger partial charge on any atom is -0.383 e. The van der Waals surface area contributed by atoms with Gasteiger partial charge in [-0.15, -0.1) is 0 Å². The second-order valence-corrected chi connectivity index (χ2v) is 5.37. The van der Waals surface area contributed by atoms with E-state index >= 15 is 0 Å². The van der Waals surface area contributed by atoms with Crippen LogP contribution in [0.2, 0.25) is 0 Å². The van der Waals surface area contributed by atoms with Gasteiger partial charge in [0.15, 0.2) is 0 Å². The van der Waals surface area contributed by atoms with Crippen LogP contribution in [0.3, 0.4) is 0 Å². The average molecular weight is 280 g/mol. The van der Waals surface area contributed by atoms with Gasteiger partial charge in [0, 0.05) is 31.0 Å². The Morgan fingerprint density at radius 1 is 1.29 bits per heavy atom. The first-order valence-corrected chi connectivity index (χ1v) is 7.27. The molecule has 0 radical (unpaired) electrons. The zero-order valence-electron chi connectivity index (χ0n) is 12.3. The Kier molecular flexibility index (Phi) is 3.86. The van der Waals surface area contributed by atoms with Gasteiger partial charge in [-0.1, -0.05) is 24.3 Å². The van der Waals surface area contributed by atoms with Gasteiger partial charge in [-0.3, -0.25) is 0 Å². The largest absolute Gasteiger partial charge is 0.383 e. The molecule has 0 saturated heterocycles. The monoisotopic (exact) mass is 280 g/mol. The summed E-state index contributed by atoms with van der Waals surface area (Å²) in [6, 6.07) is 0. The number of hydrogen-bond donors (Lipinski definition) is 1. The van der Waals surface area contributed by atoms with Crippen LogP contribution in [-0.4, -0.2) is 21.4 Å². The molecule has 3 rings (SSSR count). The van der Waals surface area contributed by atoms with Crippen LogP contribution in [0.5, 0.6) is 0 Å². The van der Waals surface area contributed by atoms with Gasteiger partial charge in [0.05, 0.1) is 0 Å². The molecule has 0 spiro atoms. The van der Waals surface area contributed by atoms with Crippen molar-refractivity contribution in [1.29, 1.82) is 0 Å². The maximum Gasteiger partial charge on any atom is 0.132 e. The lowest BCUT2D eigenvalue weighted by atomic mass is 9.96. The molecule has 0 atom stereocenters. The number of rotatable bonds is 3. The van der Waals surface area contributed by atoms with Crippen molar-refractivity contribution in [2.75, 3.05) is 12.3 Å². The molecule has 0 saturated carbocycles. The molecule has 2 N–H and O–H groups in total. The van der Waals surface area contributed by atoms with Crippen molar-refractivity contribution in [3.8, 4) is 0 Å². The van der Waals surface area contributed by atoms with E-state index in [1.807, 2.05) is 13.1 Å². The fraction of sp³-hybridized carbons (Fsp3) is 0.294. The third-order valence-corrected chi connectivity index (χ3v) is 3.78. The van der Waals surface area contributed by atoms with E-state index in [4.69, 9.17) is 5.73 Å². The SMILES string of the molecule is Cc1ncc(CN2C=CC(C3=CCC=CC3)=CC2)c(N)n1. The first kappa shape index (κ1) is 13.6. The van der Waals surface area contributed by atoms with Gasteiger partial charge >= 0.3 is 0 Å². The lowest BCUT2D eigenvalue weighted by Gasteiger charge is -2.24. The molecule has 1 aromatic heterocycles. The molecule has 1 aliphatic heterocycles. The molecule has 4 nitrogen and oxygen atoms in total. The highest BCUT2D eigenvalue weighted by Crippen LogP contribution is 2.23. The van der Waals surface area contributed by atoms with E-state index in [1.165, 1.54) is 11.1 Å². The number of nitrogens with two attached hydrogens (primary N) is 1. The Bertz CT molecular complexity index is 653. The molecule has 2 heterocycles. The summed E-state index contributed by atoms with van der Waals surface area (Å²) in [5, 5.41) is 0. The normalized spacial score (nSPS) is 17.7. The lowest BCUT2D eigenvalue weighted by Crippen LogP contribution is -2.21. The van der Waals surface area contributed by atoms with Crippen LogP contribution in [0.4, 0.5) is 5.82 Å². The summed E-state index contributed by atoms with van der Waals surface area (Å²) in [6.07, 6.45) is 17.2. The van der Waals surface area contributed by atoms with E-state index in [9.17, 15) is 0 Å². The highest BCUT2D eigenvalue weighted by molar-refractivity contribution is 5.44. The van der Waals surface area contributed by atoms with Gasteiger partial charge in [-0.25, -0.2) is 9.97 Å². The Labute approximate surface area is 125 Å². The maximum atomic E-state index is 5.95. The molecule has 0 unspecified atom stereocenters. The summed E-state index contributed by atoms with van der Waals surface area (Å²) in [5.74, 6) is 1.29. The summed E-state index contributed by atoms with van der Waals surface area (Å²) in [6.45, 7) is 3.48. The van der Waals surface area contributed by atoms with Crippen molar-refractivity contribution in [3.05, 3.63) is 65.3 Å². The fourth-order valence-corrected chi connectivity index (χ4v) is 2.57. The third kappa shape index (κ3) is 3.21. The van der Waals surface area contributed by atoms with Gasteiger partial charge in [0.1, 0.15) is 11.6 Å². The number of aryl methyl sites for hydroxylation is 1. The zero-order valence-corrected chi connectivity index (χ0v) is 12.3. The van der Waals surface area contributed by atoms with Crippen LogP contribution in [0, 0.1) is 6.92 Å². The van der Waals surface area contributed by atoms with E-state index in [-0.39, 0.29) is 0 Å². The molecule has 0 amide bonds. The van der Waals surface area contributed by atoms with Crippen molar-refractivity contribution < 1.29 is 0 Å². The van der Waals surface area contributed by atoms with Crippen molar-refractivity contribution in [1.82, 2.24) is 14.9 Å². The van der Waals surface area contributed by atoms with E-state index < -0.39 is 0 Å². The van der Waals surface area contributed by atoms with Gasteiger partial charge in [-0.05, 0) is 37.0 Å². The predicted octanol–water partition coefficient (Wildman–Crippen LogP) is 2.90. The zero-order chi connectivity index (χ0) is 14.7. The van der Waals surface area contributed by atoms with Crippen molar-refractivity contribution in [2.24, 2.45) is 0 Å². The van der Waals surface area contributed by atoms with Gasteiger partial charge in [-0.2, -0.15) is 0 Å². The molecule has 1 aromatic rings. The lowest BCUT2D eigenvalue weighted by molar-refractivity contribution is 0.403. The third-order valence-electron chi connectivity index (χ3n) is 3.78. The molecular formula is C17H20N4. The Morgan fingerprint density at radius 2 is 2.19 bits per heavy atom. The Morgan fingerprint density at radius 3 is 2.86 bits per heavy atom. The second-order valence-electron chi connectivity index (χ2n) is 5.37. The quantitative estimate of drug-likeness (QED) is 0.865. The first-order chi connectivity index (χ1) is 10.2. The summed E-state index contributed by atoms with van der Waals surface area (Å²) in [5.41, 5.74) is 9.68. The van der Waals surface area contributed by atoms with Gasteiger partial charge in [0.2, 0.25) is 0 Å². The highest BCUT2D eigenvalue weighted by atomic mass is 15.1. The standard InChI is InChI=1S/C17H20N4/c1-13-19-11-16(17(18)20-13)12-21-9-7-15(8-10-21)14-5-3-2-4-6-14/h2-3,6-9,11H,4-5,10,12H2,1H3,(H2,18,19,20). The van der Waals surface area contributed by atoms with Crippen LogP contribution in [0.1, 0.15) is 24.2 Å². The van der Waals surface area contributed by atoms with E-state index in [0.717, 1.165) is 31.5 Å². The summed E-state index contributed by atoms with van der Waals surface area (Å²) >= 11 is 0. The molecule has 21 heavy (non-hydrogen) atoms. The summed E-state index contributed by atoms with van der Waals surface area (Å²) in [7, 11) is 0. The maximum absolute atomic E-state index is 5.95. The van der Waals surface area contributed by atoms with E-state index in [1.54, 1.807) is 0 Å². The van der Waals surface area contributed by atoms with Gasteiger partial charge < -0.3 is 10.6 Å². The molecule has 1 aliphatic carbocycles. The first-order valence-electron chi connectivity index (χ1n) is 7.27. The van der Waals surface area contributed by atoms with Crippen LogP contribution >= 0.6 is 0 Å². The van der Waals surface area contributed by atoms with Crippen molar-refractivity contribution >= 4 is 5.82 Å². The number of nitrogen functional groups attached to an aromatic ring is 1. The van der Waals surface area contributed by atoms with Crippen LogP contribution < -0.4 is 5.73 Å². The number of allylic oxidation sites excluding steroid dienone is 6. The average Bonchev–Trinajstić information content (AvgIpc) is 2.52. The van der Waals surface area contributed by atoms with Crippen LogP contribution in [-0.2, 0) is 6.54 Å². The van der Waals surface area contributed by atoms with Crippen LogP contribution in [0.15, 0.2) is 53.9 Å². The smallest absolute Gasteiger partial charge is 0.132 e. The van der Waals surface area contributed by atoms with Gasteiger partial charge in [0.25, 0.3) is 0 Å². The predicted molar refractivity (Wildman–Crippen MR) is 85.3 cm³/mol. The van der Waals surface area contributed by atoms with Crippen molar-refractivity contribution in [2.45, 2.75) is 26.3 Å². The number of aromatic nitrogens is 2. The highest BCUT2D eigenvalue weighted by Gasteiger charge is 2.11. The molecular weight excluding hydrogens is 260 g/mol. The Hall–Kier alpha value is -2.36. The number of nitrogens with zero attached hydrogens (tertiary/aromatic N) is 3. The second kappa shape index (κ2) is 5.95. The molecule has 0 bridgehead atoms. The topological polar surface area (TPSA) is 55.0 Å². The van der Waals surface area contributed by atoms with Crippen LogP contribution in [0.25, 0.3) is 0 Å². The molecule has 108 valence electrons. The number of hydrogen-bond acceptors (Lipinski definition) is 4. The van der Waals surface area contributed by atoms with E-state index in [0.29, 0.717) is 11.6 Å². The molecule has 2 aliphatic rings.